The molecule has 1 aromatic carbocycles. The van der Waals surface area contributed by atoms with Crippen LogP contribution in [0.4, 0.5) is 4.79 Å². The molecule has 0 amide bonds. The highest BCUT2D eigenvalue weighted by Crippen LogP contribution is 2.30. The Morgan fingerprint density at radius 1 is 0.914 bits per heavy atom. The summed E-state index contributed by atoms with van der Waals surface area (Å²) in [7, 11) is 0. The number of carboxylic acids is 1. The van der Waals surface area contributed by atoms with Gasteiger partial charge in [0.2, 0.25) is 0 Å². The van der Waals surface area contributed by atoms with Gasteiger partial charge in [-0.05, 0) is 51.8 Å². The van der Waals surface area contributed by atoms with Gasteiger partial charge in [-0.15, -0.1) is 0 Å². The van der Waals surface area contributed by atoms with Crippen molar-refractivity contribution in [2.75, 3.05) is 6.54 Å². The number of carboxylic acid groups (broad SMARTS) is 1. The Morgan fingerprint density at radius 3 is 1.94 bits per heavy atom. The molecule has 0 aliphatic rings. The predicted molar refractivity (Wildman–Crippen MR) is 127 cm³/mol. The first-order chi connectivity index (χ1) is 16.1. The number of carbonyl (C=O) groups excluding carboxylic acids is 3. The van der Waals surface area contributed by atoms with Crippen molar-refractivity contribution in [1.82, 2.24) is 5.32 Å². The molecule has 0 spiro atoms. The summed E-state index contributed by atoms with van der Waals surface area (Å²) in [6.45, 7) is 13.5. The van der Waals surface area contributed by atoms with Crippen LogP contribution >= 0.6 is 0 Å². The fraction of sp³-hybridized carbons (Fsp3) is 0.600. The monoisotopic (exact) mass is 495 g/mol. The summed E-state index contributed by atoms with van der Waals surface area (Å²) >= 11 is 0. The number of hydrogen-bond acceptors (Lipinski definition) is 9. The van der Waals surface area contributed by atoms with Gasteiger partial charge in [0.1, 0.15) is 17.7 Å². The first-order valence-electron chi connectivity index (χ1n) is 11.5. The lowest BCUT2D eigenvalue weighted by Gasteiger charge is -2.22. The Morgan fingerprint density at radius 2 is 1.46 bits per heavy atom. The molecule has 35 heavy (non-hydrogen) atoms. The predicted octanol–water partition coefficient (Wildman–Crippen LogP) is 3.73. The van der Waals surface area contributed by atoms with E-state index in [2.05, 4.69) is 5.32 Å². The van der Waals surface area contributed by atoms with E-state index in [1.54, 1.807) is 61.5 Å². The SMILES string of the molecule is CC(CN[C@@H](Cc1ccc(OC(=O)C(C)C)c(OC(=O)C(C)C)c1)C(=O)O)OC(=O)OC(C)(C)C. The Labute approximate surface area is 206 Å². The quantitative estimate of drug-likeness (QED) is 0.345. The zero-order valence-electron chi connectivity index (χ0n) is 21.7. The fourth-order valence-corrected chi connectivity index (χ4v) is 2.57. The van der Waals surface area contributed by atoms with Gasteiger partial charge in [-0.2, -0.15) is 0 Å². The van der Waals surface area contributed by atoms with E-state index < -0.39 is 53.6 Å². The van der Waals surface area contributed by atoms with Gasteiger partial charge in [0.25, 0.3) is 0 Å². The van der Waals surface area contributed by atoms with Crippen LogP contribution in [0.25, 0.3) is 0 Å². The van der Waals surface area contributed by atoms with Crippen LogP contribution in [-0.2, 0) is 30.3 Å². The summed E-state index contributed by atoms with van der Waals surface area (Å²) in [6.07, 6.45) is -1.46. The second-order valence-electron chi connectivity index (χ2n) is 9.83. The number of nitrogens with one attached hydrogen (secondary N) is 1. The smallest absolute Gasteiger partial charge is 0.480 e. The highest BCUT2D eigenvalue weighted by Gasteiger charge is 2.24. The highest BCUT2D eigenvalue weighted by atomic mass is 16.7. The molecule has 10 heteroatoms. The molecule has 1 rings (SSSR count). The minimum absolute atomic E-state index is 0.0269. The van der Waals surface area contributed by atoms with Gasteiger partial charge in [0, 0.05) is 6.54 Å². The lowest BCUT2D eigenvalue weighted by Crippen LogP contribution is -2.43. The van der Waals surface area contributed by atoms with Gasteiger partial charge in [0.15, 0.2) is 11.5 Å². The third-order valence-electron chi connectivity index (χ3n) is 4.45. The fourth-order valence-electron chi connectivity index (χ4n) is 2.57. The number of esters is 2. The standard InChI is InChI=1S/C25H37NO9/c1-14(2)22(29)33-19-10-9-17(12-20(19)34-23(30)15(3)4)11-18(21(27)28)26-13-16(5)32-24(31)35-25(6,7)8/h9-10,12,14-16,18,26H,11,13H2,1-8H3,(H,27,28)/t16?,18-/m0/s1. The first-order valence-corrected chi connectivity index (χ1v) is 11.5. The van der Waals surface area contributed by atoms with Crippen LogP contribution in [0.1, 0.15) is 61.0 Å². The summed E-state index contributed by atoms with van der Waals surface area (Å²) in [5.41, 5.74) is -0.179. The highest BCUT2D eigenvalue weighted by molar-refractivity contribution is 5.78. The number of carbonyl (C=O) groups is 4. The van der Waals surface area contributed by atoms with Crippen molar-refractivity contribution >= 4 is 24.1 Å². The molecule has 196 valence electrons. The van der Waals surface area contributed by atoms with Gasteiger partial charge in [0.05, 0.1) is 11.8 Å². The molecule has 0 saturated carbocycles. The summed E-state index contributed by atoms with van der Waals surface area (Å²) in [6, 6.07) is 3.50. The van der Waals surface area contributed by atoms with Crippen LogP contribution in [0.2, 0.25) is 0 Å². The van der Waals surface area contributed by atoms with E-state index in [-0.39, 0.29) is 24.5 Å². The molecule has 0 radical (unpaired) electrons. The van der Waals surface area contributed by atoms with Crippen LogP contribution in [0.3, 0.4) is 0 Å². The minimum Gasteiger partial charge on any atom is -0.480 e. The van der Waals surface area contributed by atoms with Crippen LogP contribution in [0.5, 0.6) is 11.5 Å². The van der Waals surface area contributed by atoms with Crippen molar-refractivity contribution in [3.63, 3.8) is 0 Å². The third kappa shape index (κ3) is 11.2. The number of ether oxygens (including phenoxy) is 4. The summed E-state index contributed by atoms with van der Waals surface area (Å²) in [4.78, 5) is 47.8. The van der Waals surface area contributed by atoms with Crippen molar-refractivity contribution in [2.24, 2.45) is 11.8 Å². The molecule has 0 saturated heterocycles. The Bertz CT molecular complexity index is 903. The Kier molecular flexibility index (Phi) is 11.2. The second kappa shape index (κ2) is 13.1. The second-order valence-corrected chi connectivity index (χ2v) is 9.83. The topological polar surface area (TPSA) is 137 Å². The molecule has 1 aromatic rings. The maximum Gasteiger partial charge on any atom is 0.509 e. The molecule has 0 heterocycles. The number of aliphatic carboxylic acids is 1. The summed E-state index contributed by atoms with van der Waals surface area (Å²) < 4.78 is 21.0. The largest absolute Gasteiger partial charge is 0.509 e. The molecular weight excluding hydrogens is 458 g/mol. The zero-order valence-corrected chi connectivity index (χ0v) is 21.7. The average molecular weight is 496 g/mol. The number of benzene rings is 1. The molecule has 0 aromatic heterocycles. The van der Waals surface area contributed by atoms with Gasteiger partial charge in [-0.1, -0.05) is 33.8 Å². The molecule has 1 unspecified atom stereocenters. The Hall–Kier alpha value is -3.14. The van der Waals surface area contributed by atoms with E-state index in [0.717, 1.165) is 0 Å². The number of hydrogen-bond donors (Lipinski definition) is 2. The molecule has 0 fully saturated rings. The van der Waals surface area contributed by atoms with Crippen molar-refractivity contribution in [3.05, 3.63) is 23.8 Å². The zero-order chi connectivity index (χ0) is 26.9. The van der Waals surface area contributed by atoms with Crippen molar-refractivity contribution in [1.29, 1.82) is 0 Å². The van der Waals surface area contributed by atoms with E-state index in [1.165, 1.54) is 12.1 Å². The maximum atomic E-state index is 12.2. The normalized spacial score (nSPS) is 13.2. The van der Waals surface area contributed by atoms with Crippen LogP contribution in [-0.4, -0.2) is 53.5 Å². The van der Waals surface area contributed by atoms with Crippen LogP contribution in [0.15, 0.2) is 18.2 Å². The Balaban J connectivity index is 2.96. The van der Waals surface area contributed by atoms with E-state index >= 15 is 0 Å². The van der Waals surface area contributed by atoms with Gasteiger partial charge >= 0.3 is 24.1 Å². The third-order valence-corrected chi connectivity index (χ3v) is 4.45. The van der Waals surface area contributed by atoms with E-state index in [1.807, 2.05) is 0 Å². The molecule has 2 N–H and O–H groups in total. The van der Waals surface area contributed by atoms with Crippen molar-refractivity contribution in [3.8, 4) is 11.5 Å². The minimum atomic E-state index is -1.12. The maximum absolute atomic E-state index is 12.2. The lowest BCUT2D eigenvalue weighted by atomic mass is 10.0. The van der Waals surface area contributed by atoms with Gasteiger partial charge < -0.3 is 29.4 Å². The van der Waals surface area contributed by atoms with Gasteiger partial charge in [-0.3, -0.25) is 14.4 Å². The van der Waals surface area contributed by atoms with E-state index in [9.17, 15) is 24.3 Å². The molecule has 0 aliphatic carbocycles. The summed E-state index contributed by atoms with van der Waals surface area (Å²) in [5, 5.41) is 12.5. The average Bonchev–Trinajstić information content (AvgIpc) is 2.70. The van der Waals surface area contributed by atoms with E-state index in [4.69, 9.17) is 18.9 Å². The van der Waals surface area contributed by atoms with Gasteiger partial charge in [-0.25, -0.2) is 4.79 Å². The molecule has 2 atom stereocenters. The number of rotatable bonds is 11. The molecular formula is C25H37NO9. The van der Waals surface area contributed by atoms with Crippen molar-refractivity contribution < 1.29 is 43.2 Å². The van der Waals surface area contributed by atoms with Crippen molar-refractivity contribution in [2.45, 2.75) is 79.6 Å². The lowest BCUT2D eigenvalue weighted by molar-refractivity contribution is -0.140. The molecule has 10 nitrogen and oxygen atoms in total. The van der Waals surface area contributed by atoms with Crippen LogP contribution in [0, 0.1) is 11.8 Å². The first kappa shape index (κ1) is 29.9. The van der Waals surface area contributed by atoms with Crippen LogP contribution < -0.4 is 14.8 Å². The summed E-state index contributed by atoms with van der Waals surface area (Å²) in [5.74, 6) is -2.86. The molecule has 0 bridgehead atoms. The van der Waals surface area contributed by atoms with E-state index in [0.29, 0.717) is 5.56 Å². The molecule has 0 aliphatic heterocycles.